The molecule has 1 heteroatoms. The van der Waals surface area contributed by atoms with Crippen LogP contribution >= 0.6 is 0 Å². The summed E-state index contributed by atoms with van der Waals surface area (Å²) in [5, 5.41) is 0. The molecule has 0 saturated carbocycles. The van der Waals surface area contributed by atoms with Crippen molar-refractivity contribution in [3.63, 3.8) is 0 Å². The predicted molar refractivity (Wildman–Crippen MR) is 72.3 cm³/mol. The fraction of sp³-hybridized carbons (Fsp3) is 0.625. The Morgan fingerprint density at radius 2 is 1.76 bits per heavy atom. The molecule has 1 aromatic carbocycles. The van der Waals surface area contributed by atoms with Crippen molar-refractivity contribution in [3.8, 4) is 0 Å². The zero-order valence-corrected chi connectivity index (χ0v) is 11.5. The summed E-state index contributed by atoms with van der Waals surface area (Å²) in [6.45, 7) is 8.79. The Bertz CT molecular complexity index is 358. The minimum Gasteiger partial charge on any atom is -0.372 e. The summed E-state index contributed by atoms with van der Waals surface area (Å²) in [7, 11) is 0. The maximum atomic E-state index is 6.20. The molecule has 0 aliphatic heterocycles. The van der Waals surface area contributed by atoms with Crippen molar-refractivity contribution >= 4 is 0 Å². The van der Waals surface area contributed by atoms with Crippen LogP contribution in [0.4, 0.5) is 0 Å². The summed E-state index contributed by atoms with van der Waals surface area (Å²) < 4.78 is 6.20. The first-order valence-corrected chi connectivity index (χ1v) is 6.79. The number of ether oxygens (including phenoxy) is 1. The zero-order chi connectivity index (χ0) is 12.5. The molecule has 17 heavy (non-hydrogen) atoms. The molecular formula is C16H24O. The number of rotatable bonds is 4. The molecule has 0 aromatic heterocycles. The topological polar surface area (TPSA) is 9.23 Å². The van der Waals surface area contributed by atoms with Crippen LogP contribution in [0, 0.1) is 5.92 Å². The summed E-state index contributed by atoms with van der Waals surface area (Å²) in [5.74, 6) is 0.632. The highest BCUT2D eigenvalue weighted by atomic mass is 16.5. The van der Waals surface area contributed by atoms with Gasteiger partial charge in [-0.25, -0.2) is 0 Å². The van der Waals surface area contributed by atoms with Gasteiger partial charge in [-0.05, 0) is 57.1 Å². The first kappa shape index (κ1) is 12.6. The van der Waals surface area contributed by atoms with Gasteiger partial charge in [-0.2, -0.15) is 0 Å². The lowest BCUT2D eigenvalue weighted by atomic mass is 9.84. The Kier molecular flexibility index (Phi) is 3.58. The third-order valence-electron chi connectivity index (χ3n) is 4.12. The lowest BCUT2D eigenvalue weighted by molar-refractivity contribution is -0.105. The summed E-state index contributed by atoms with van der Waals surface area (Å²) in [4.78, 5) is 0. The van der Waals surface area contributed by atoms with Gasteiger partial charge >= 0.3 is 0 Å². The lowest BCUT2D eigenvalue weighted by Gasteiger charge is -2.36. The van der Waals surface area contributed by atoms with Gasteiger partial charge in [0.05, 0.1) is 11.7 Å². The Morgan fingerprint density at radius 3 is 2.18 bits per heavy atom. The van der Waals surface area contributed by atoms with Crippen LogP contribution in [0.5, 0.6) is 0 Å². The van der Waals surface area contributed by atoms with E-state index in [1.807, 2.05) is 0 Å². The van der Waals surface area contributed by atoms with Gasteiger partial charge in [-0.1, -0.05) is 31.2 Å². The zero-order valence-electron chi connectivity index (χ0n) is 11.5. The molecule has 94 valence electrons. The number of fused-ring (bicyclic) bond motifs is 1. The fourth-order valence-corrected chi connectivity index (χ4v) is 3.00. The van der Waals surface area contributed by atoms with E-state index in [0.29, 0.717) is 12.0 Å². The highest BCUT2D eigenvalue weighted by Crippen LogP contribution is 2.38. The summed E-state index contributed by atoms with van der Waals surface area (Å²) >= 11 is 0. The SMILES string of the molecule is CCC(C)(OC(C)C)C1Cc2ccccc2C1. The van der Waals surface area contributed by atoms with E-state index in [4.69, 9.17) is 4.74 Å². The van der Waals surface area contributed by atoms with Crippen molar-refractivity contribution in [1.82, 2.24) is 0 Å². The summed E-state index contributed by atoms with van der Waals surface area (Å²) in [6, 6.07) is 8.82. The van der Waals surface area contributed by atoms with Crippen LogP contribution in [0.25, 0.3) is 0 Å². The third-order valence-corrected chi connectivity index (χ3v) is 4.12. The molecule has 0 heterocycles. The van der Waals surface area contributed by atoms with Crippen molar-refractivity contribution < 1.29 is 4.74 Å². The molecule has 1 aliphatic rings. The largest absolute Gasteiger partial charge is 0.372 e. The molecule has 0 N–H and O–H groups in total. The second kappa shape index (κ2) is 4.81. The average molecular weight is 232 g/mol. The molecule has 1 unspecified atom stereocenters. The second-order valence-electron chi connectivity index (χ2n) is 5.71. The number of hydrogen-bond acceptors (Lipinski definition) is 1. The monoisotopic (exact) mass is 232 g/mol. The van der Waals surface area contributed by atoms with Gasteiger partial charge in [0.2, 0.25) is 0 Å². The lowest BCUT2D eigenvalue weighted by Crippen LogP contribution is -2.39. The molecule has 0 bridgehead atoms. The average Bonchev–Trinajstić information content (AvgIpc) is 2.72. The molecule has 1 aromatic rings. The first-order chi connectivity index (χ1) is 8.05. The van der Waals surface area contributed by atoms with E-state index in [9.17, 15) is 0 Å². The van der Waals surface area contributed by atoms with E-state index in [0.717, 1.165) is 6.42 Å². The highest BCUT2D eigenvalue weighted by Gasteiger charge is 2.38. The Hall–Kier alpha value is -0.820. The molecule has 2 rings (SSSR count). The van der Waals surface area contributed by atoms with Gasteiger partial charge < -0.3 is 4.74 Å². The van der Waals surface area contributed by atoms with Gasteiger partial charge in [0.15, 0.2) is 0 Å². The van der Waals surface area contributed by atoms with Crippen LogP contribution in [-0.4, -0.2) is 11.7 Å². The molecule has 0 fully saturated rings. The van der Waals surface area contributed by atoms with Gasteiger partial charge in [0.25, 0.3) is 0 Å². The van der Waals surface area contributed by atoms with Crippen LogP contribution in [-0.2, 0) is 17.6 Å². The second-order valence-corrected chi connectivity index (χ2v) is 5.71. The Labute approximate surface area is 105 Å². The minimum atomic E-state index is 0.0210. The summed E-state index contributed by atoms with van der Waals surface area (Å²) in [5.41, 5.74) is 3.06. The van der Waals surface area contributed by atoms with Crippen LogP contribution in [0.1, 0.15) is 45.2 Å². The van der Waals surface area contributed by atoms with E-state index < -0.39 is 0 Å². The van der Waals surface area contributed by atoms with Crippen molar-refractivity contribution in [3.05, 3.63) is 35.4 Å². The fourth-order valence-electron chi connectivity index (χ4n) is 3.00. The van der Waals surface area contributed by atoms with Crippen LogP contribution in [0.3, 0.4) is 0 Å². The molecule has 1 nitrogen and oxygen atoms in total. The van der Waals surface area contributed by atoms with Crippen LogP contribution in [0.2, 0.25) is 0 Å². The van der Waals surface area contributed by atoms with Gasteiger partial charge in [-0.3, -0.25) is 0 Å². The molecule has 1 aliphatic carbocycles. The van der Waals surface area contributed by atoms with Crippen molar-refractivity contribution in [2.45, 2.75) is 58.7 Å². The predicted octanol–water partition coefficient (Wildman–Crippen LogP) is 4.00. The van der Waals surface area contributed by atoms with Crippen molar-refractivity contribution in [2.24, 2.45) is 5.92 Å². The molecular weight excluding hydrogens is 208 g/mol. The Morgan fingerprint density at radius 1 is 1.24 bits per heavy atom. The Balaban J connectivity index is 2.15. The van der Waals surface area contributed by atoms with Crippen molar-refractivity contribution in [2.75, 3.05) is 0 Å². The van der Waals surface area contributed by atoms with E-state index >= 15 is 0 Å². The molecule has 0 saturated heterocycles. The highest BCUT2D eigenvalue weighted by molar-refractivity contribution is 5.33. The van der Waals surface area contributed by atoms with E-state index in [-0.39, 0.29) is 5.60 Å². The normalized spacial score (nSPS) is 19.4. The molecule has 0 spiro atoms. The quantitative estimate of drug-likeness (QED) is 0.762. The van der Waals surface area contributed by atoms with Crippen molar-refractivity contribution in [1.29, 1.82) is 0 Å². The van der Waals surface area contributed by atoms with Gasteiger partial charge in [0, 0.05) is 0 Å². The van der Waals surface area contributed by atoms with E-state index in [2.05, 4.69) is 52.0 Å². The maximum Gasteiger partial charge on any atom is 0.0689 e. The standard InChI is InChI=1S/C16H24O/c1-5-16(4,17-12(2)3)15-10-13-8-6-7-9-14(13)11-15/h6-9,12,15H,5,10-11H2,1-4H3. The van der Waals surface area contributed by atoms with Crippen LogP contribution < -0.4 is 0 Å². The van der Waals surface area contributed by atoms with E-state index in [1.165, 1.54) is 24.0 Å². The maximum absolute atomic E-state index is 6.20. The minimum absolute atomic E-state index is 0.0210. The van der Waals surface area contributed by atoms with Gasteiger partial charge in [0.1, 0.15) is 0 Å². The molecule has 0 amide bonds. The first-order valence-electron chi connectivity index (χ1n) is 6.79. The third kappa shape index (κ3) is 2.55. The summed E-state index contributed by atoms with van der Waals surface area (Å²) in [6.07, 6.45) is 3.74. The van der Waals surface area contributed by atoms with Crippen LogP contribution in [0.15, 0.2) is 24.3 Å². The number of hydrogen-bond donors (Lipinski definition) is 0. The molecule has 0 radical (unpaired) electrons. The molecule has 1 atom stereocenters. The van der Waals surface area contributed by atoms with E-state index in [1.54, 1.807) is 0 Å². The van der Waals surface area contributed by atoms with Gasteiger partial charge in [-0.15, -0.1) is 0 Å². The number of benzene rings is 1. The smallest absolute Gasteiger partial charge is 0.0689 e.